The van der Waals surface area contributed by atoms with Crippen molar-refractivity contribution in [2.75, 3.05) is 19.6 Å². The third-order valence-electron chi connectivity index (χ3n) is 5.67. The number of aromatic nitrogens is 3. The summed E-state index contributed by atoms with van der Waals surface area (Å²) in [5.74, 6) is 0.407. The van der Waals surface area contributed by atoms with Crippen LogP contribution in [0.4, 0.5) is 0 Å². The number of hydrogen-bond donors (Lipinski definition) is 1. The lowest BCUT2D eigenvalue weighted by Crippen LogP contribution is -2.39. The highest BCUT2D eigenvalue weighted by Crippen LogP contribution is 2.46. The molecule has 2 aromatic rings. The maximum absolute atomic E-state index is 13.3. The standard InChI is InChI=1S/C19H25N5O/c1-14(2)24-11-17(22-13-24)16-9-21-12-19(16)5-7-23(18(19)25)10-15-4-3-6-20-8-15/h3-4,6,8,11,13-14,16,21H,5,7,9-10,12H2,1-2H3. The third-order valence-corrected chi connectivity index (χ3v) is 5.67. The first-order chi connectivity index (χ1) is 12.1. The van der Waals surface area contributed by atoms with Crippen LogP contribution in [0.5, 0.6) is 0 Å². The summed E-state index contributed by atoms with van der Waals surface area (Å²) in [5.41, 5.74) is 1.77. The van der Waals surface area contributed by atoms with Crippen LogP contribution >= 0.6 is 0 Å². The molecule has 1 amide bonds. The van der Waals surface area contributed by atoms with Gasteiger partial charge < -0.3 is 14.8 Å². The summed E-state index contributed by atoms with van der Waals surface area (Å²) in [7, 11) is 0. The molecule has 2 fully saturated rings. The summed E-state index contributed by atoms with van der Waals surface area (Å²) >= 11 is 0. The fourth-order valence-corrected chi connectivity index (χ4v) is 4.17. The summed E-state index contributed by atoms with van der Waals surface area (Å²) in [6.07, 6.45) is 8.49. The summed E-state index contributed by atoms with van der Waals surface area (Å²) in [6.45, 7) is 7.30. The van der Waals surface area contributed by atoms with Crippen LogP contribution in [-0.4, -0.2) is 45.0 Å². The Hall–Kier alpha value is -2.21. The van der Waals surface area contributed by atoms with Crippen molar-refractivity contribution < 1.29 is 4.79 Å². The molecule has 132 valence electrons. The molecule has 4 heterocycles. The van der Waals surface area contributed by atoms with Gasteiger partial charge in [-0.1, -0.05) is 6.07 Å². The number of hydrogen-bond acceptors (Lipinski definition) is 4. The van der Waals surface area contributed by atoms with Gasteiger partial charge in [0.15, 0.2) is 0 Å². The molecule has 1 spiro atoms. The zero-order valence-corrected chi connectivity index (χ0v) is 14.9. The monoisotopic (exact) mass is 339 g/mol. The predicted molar refractivity (Wildman–Crippen MR) is 94.9 cm³/mol. The zero-order valence-electron chi connectivity index (χ0n) is 14.9. The second kappa shape index (κ2) is 6.26. The van der Waals surface area contributed by atoms with Crippen molar-refractivity contribution in [2.45, 2.75) is 38.8 Å². The lowest BCUT2D eigenvalue weighted by atomic mass is 9.75. The lowest BCUT2D eigenvalue weighted by molar-refractivity contribution is -0.136. The van der Waals surface area contributed by atoms with Gasteiger partial charge in [-0.3, -0.25) is 9.78 Å². The van der Waals surface area contributed by atoms with Crippen LogP contribution in [0.1, 0.15) is 43.5 Å². The summed E-state index contributed by atoms with van der Waals surface area (Å²) in [5, 5.41) is 3.45. The molecule has 0 aliphatic carbocycles. The molecule has 0 saturated carbocycles. The molecule has 0 aromatic carbocycles. The van der Waals surface area contributed by atoms with E-state index in [2.05, 4.69) is 39.9 Å². The number of rotatable bonds is 4. The van der Waals surface area contributed by atoms with Gasteiger partial charge in [-0.15, -0.1) is 0 Å². The van der Waals surface area contributed by atoms with E-state index in [1.807, 2.05) is 29.6 Å². The van der Waals surface area contributed by atoms with Gasteiger partial charge in [0, 0.05) is 56.7 Å². The maximum Gasteiger partial charge on any atom is 0.231 e. The van der Waals surface area contributed by atoms with Gasteiger partial charge in [0.05, 0.1) is 17.4 Å². The smallest absolute Gasteiger partial charge is 0.231 e. The van der Waals surface area contributed by atoms with Crippen molar-refractivity contribution in [1.29, 1.82) is 0 Å². The largest absolute Gasteiger partial charge is 0.338 e. The minimum atomic E-state index is -0.349. The topological polar surface area (TPSA) is 63.1 Å². The van der Waals surface area contributed by atoms with Crippen LogP contribution in [0.2, 0.25) is 0 Å². The molecule has 6 nitrogen and oxygen atoms in total. The maximum atomic E-state index is 13.3. The Balaban J connectivity index is 1.57. The molecule has 2 unspecified atom stereocenters. The third kappa shape index (κ3) is 2.74. The zero-order chi connectivity index (χ0) is 17.4. The first-order valence-electron chi connectivity index (χ1n) is 9.02. The first kappa shape index (κ1) is 16.3. The number of likely N-dealkylation sites (tertiary alicyclic amines) is 1. The number of nitrogens with one attached hydrogen (secondary N) is 1. The minimum absolute atomic E-state index is 0.152. The van der Waals surface area contributed by atoms with Crippen molar-refractivity contribution in [3.63, 3.8) is 0 Å². The van der Waals surface area contributed by atoms with E-state index in [0.717, 1.165) is 37.3 Å². The van der Waals surface area contributed by atoms with Crippen molar-refractivity contribution in [3.05, 3.63) is 48.3 Å². The van der Waals surface area contributed by atoms with E-state index in [1.54, 1.807) is 6.20 Å². The van der Waals surface area contributed by atoms with Gasteiger partial charge in [-0.2, -0.15) is 0 Å². The van der Waals surface area contributed by atoms with E-state index in [9.17, 15) is 4.79 Å². The molecule has 4 rings (SSSR count). The molecule has 25 heavy (non-hydrogen) atoms. The molecule has 6 heteroatoms. The number of carbonyl (C=O) groups excluding carboxylic acids is 1. The number of carbonyl (C=O) groups is 1. The summed E-state index contributed by atoms with van der Waals surface area (Å²) < 4.78 is 2.12. The fraction of sp³-hybridized carbons (Fsp3) is 0.526. The summed E-state index contributed by atoms with van der Waals surface area (Å²) in [6, 6.07) is 4.33. The second-order valence-corrected chi connectivity index (χ2v) is 7.52. The summed E-state index contributed by atoms with van der Waals surface area (Å²) in [4.78, 5) is 24.1. The predicted octanol–water partition coefficient (Wildman–Crippen LogP) is 1.96. The number of nitrogens with zero attached hydrogens (tertiary/aromatic N) is 4. The molecule has 0 bridgehead atoms. The van der Waals surface area contributed by atoms with E-state index in [-0.39, 0.29) is 17.2 Å². The molecule has 2 saturated heterocycles. The molecule has 2 atom stereocenters. The van der Waals surface area contributed by atoms with Crippen LogP contribution in [0, 0.1) is 5.41 Å². The van der Waals surface area contributed by atoms with Gasteiger partial charge in [-0.25, -0.2) is 4.98 Å². The highest BCUT2D eigenvalue weighted by molar-refractivity contribution is 5.86. The molecule has 2 aromatic heterocycles. The van der Waals surface area contributed by atoms with Gasteiger partial charge in [0.1, 0.15) is 0 Å². The van der Waals surface area contributed by atoms with Crippen molar-refractivity contribution in [1.82, 2.24) is 24.8 Å². The Bertz CT molecular complexity index is 756. The first-order valence-corrected chi connectivity index (χ1v) is 9.02. The molecule has 0 radical (unpaired) electrons. The van der Waals surface area contributed by atoms with Gasteiger partial charge in [0.25, 0.3) is 0 Å². The molecular formula is C19H25N5O. The Kier molecular flexibility index (Phi) is 4.07. The quantitative estimate of drug-likeness (QED) is 0.925. The molecular weight excluding hydrogens is 314 g/mol. The average molecular weight is 339 g/mol. The van der Waals surface area contributed by atoms with Gasteiger partial charge >= 0.3 is 0 Å². The Morgan fingerprint density at radius 2 is 2.32 bits per heavy atom. The molecule has 2 aliphatic rings. The molecule has 1 N–H and O–H groups in total. The fourth-order valence-electron chi connectivity index (χ4n) is 4.17. The van der Waals surface area contributed by atoms with E-state index >= 15 is 0 Å². The Morgan fingerprint density at radius 3 is 3.04 bits per heavy atom. The highest BCUT2D eigenvalue weighted by Gasteiger charge is 2.55. The van der Waals surface area contributed by atoms with Crippen molar-refractivity contribution in [3.8, 4) is 0 Å². The van der Waals surface area contributed by atoms with Crippen LogP contribution in [0.15, 0.2) is 37.1 Å². The van der Waals surface area contributed by atoms with E-state index in [1.165, 1.54) is 0 Å². The second-order valence-electron chi connectivity index (χ2n) is 7.52. The Labute approximate surface area is 148 Å². The van der Waals surface area contributed by atoms with Gasteiger partial charge in [0.2, 0.25) is 5.91 Å². The normalized spacial score (nSPS) is 26.3. The van der Waals surface area contributed by atoms with Crippen LogP contribution in [0.3, 0.4) is 0 Å². The van der Waals surface area contributed by atoms with Crippen molar-refractivity contribution in [2.24, 2.45) is 5.41 Å². The SMILES string of the molecule is CC(C)n1cnc(C2CNCC23CCN(Cc2cccnc2)C3=O)c1. The van der Waals surface area contributed by atoms with E-state index in [4.69, 9.17) is 0 Å². The van der Waals surface area contributed by atoms with E-state index in [0.29, 0.717) is 12.6 Å². The van der Waals surface area contributed by atoms with Gasteiger partial charge in [-0.05, 0) is 31.9 Å². The number of imidazole rings is 1. The van der Waals surface area contributed by atoms with E-state index < -0.39 is 0 Å². The highest BCUT2D eigenvalue weighted by atomic mass is 16.2. The van der Waals surface area contributed by atoms with Crippen molar-refractivity contribution >= 4 is 5.91 Å². The average Bonchev–Trinajstić information content (AvgIpc) is 3.32. The number of pyridine rings is 1. The number of amides is 1. The molecule has 2 aliphatic heterocycles. The van der Waals surface area contributed by atoms with Crippen LogP contribution in [-0.2, 0) is 11.3 Å². The Morgan fingerprint density at radius 1 is 1.44 bits per heavy atom. The minimum Gasteiger partial charge on any atom is -0.338 e. The van der Waals surface area contributed by atoms with Crippen LogP contribution < -0.4 is 5.32 Å². The lowest BCUT2D eigenvalue weighted by Gasteiger charge is -2.28. The van der Waals surface area contributed by atoms with Crippen LogP contribution in [0.25, 0.3) is 0 Å².